The van der Waals surface area contributed by atoms with Gasteiger partial charge in [-0.2, -0.15) is 0 Å². The van der Waals surface area contributed by atoms with E-state index < -0.39 is 0 Å². The fraction of sp³-hybridized carbons (Fsp3) is 0.400. The summed E-state index contributed by atoms with van der Waals surface area (Å²) in [7, 11) is 1.62. The van der Waals surface area contributed by atoms with Crippen LogP contribution >= 0.6 is 0 Å². The Morgan fingerprint density at radius 3 is 2.77 bits per heavy atom. The number of hydrogen-bond acceptors (Lipinski definition) is 3. The minimum absolute atomic E-state index is 0.120. The van der Waals surface area contributed by atoms with Gasteiger partial charge in [0.25, 0.3) is 0 Å². The highest BCUT2D eigenvalue weighted by atomic mass is 16.5. The average Bonchev–Trinajstić information content (AvgIpc) is 2.04. The fourth-order valence-corrected chi connectivity index (χ4v) is 1.35. The van der Waals surface area contributed by atoms with Gasteiger partial charge in [-0.15, -0.1) is 0 Å². The maximum absolute atomic E-state index is 9.18. The van der Waals surface area contributed by atoms with Crippen molar-refractivity contribution in [1.82, 2.24) is 0 Å². The van der Waals surface area contributed by atoms with E-state index in [0.29, 0.717) is 6.61 Å². The first kappa shape index (κ1) is 10.0. The van der Waals surface area contributed by atoms with E-state index in [1.54, 1.807) is 19.2 Å². The van der Waals surface area contributed by atoms with Crippen molar-refractivity contribution in [3.63, 3.8) is 0 Å². The van der Waals surface area contributed by atoms with Gasteiger partial charge in [-0.3, -0.25) is 0 Å². The lowest BCUT2D eigenvalue weighted by atomic mass is 10.0. The number of benzene rings is 1. The second-order valence-electron chi connectivity index (χ2n) is 3.10. The van der Waals surface area contributed by atoms with Crippen molar-refractivity contribution >= 4 is 0 Å². The minimum atomic E-state index is -0.120. The van der Waals surface area contributed by atoms with Crippen molar-refractivity contribution in [2.75, 3.05) is 13.7 Å². The monoisotopic (exact) mass is 181 g/mol. The highest BCUT2D eigenvalue weighted by Gasteiger charge is 2.08. The zero-order chi connectivity index (χ0) is 9.84. The van der Waals surface area contributed by atoms with Gasteiger partial charge in [0.05, 0.1) is 12.6 Å². The molecule has 0 spiro atoms. The van der Waals surface area contributed by atoms with Crippen LogP contribution in [0.1, 0.15) is 17.2 Å². The molecular weight excluding hydrogens is 166 g/mol. The molecule has 0 heterocycles. The summed E-state index contributed by atoms with van der Waals surface area (Å²) in [6.07, 6.45) is 0. The summed E-state index contributed by atoms with van der Waals surface area (Å²) in [4.78, 5) is 0. The van der Waals surface area contributed by atoms with Crippen LogP contribution in [-0.2, 0) is 4.74 Å². The van der Waals surface area contributed by atoms with E-state index in [1.807, 2.05) is 13.0 Å². The van der Waals surface area contributed by atoms with Gasteiger partial charge in [0.2, 0.25) is 0 Å². The highest BCUT2D eigenvalue weighted by Crippen LogP contribution is 2.20. The standard InChI is InChI=1S/C10H15NO2/c1-7-5-8(12)3-4-9(7)10(11)6-13-2/h3-5,10,12H,6,11H2,1-2H3/t10-/m1/s1. The molecule has 0 amide bonds. The molecule has 3 N–H and O–H groups in total. The van der Waals surface area contributed by atoms with Crippen molar-refractivity contribution in [3.05, 3.63) is 29.3 Å². The van der Waals surface area contributed by atoms with E-state index in [4.69, 9.17) is 10.5 Å². The van der Waals surface area contributed by atoms with Crippen LogP contribution in [0.5, 0.6) is 5.75 Å². The van der Waals surface area contributed by atoms with Gasteiger partial charge in [-0.1, -0.05) is 6.07 Å². The minimum Gasteiger partial charge on any atom is -0.508 e. The number of hydrogen-bond donors (Lipinski definition) is 2. The predicted octanol–water partition coefficient (Wildman–Crippen LogP) is 1.35. The molecule has 13 heavy (non-hydrogen) atoms. The normalized spacial score (nSPS) is 12.8. The van der Waals surface area contributed by atoms with Crippen LogP contribution in [0.15, 0.2) is 18.2 Å². The van der Waals surface area contributed by atoms with Crippen LogP contribution in [-0.4, -0.2) is 18.8 Å². The van der Waals surface area contributed by atoms with Crippen molar-refractivity contribution in [1.29, 1.82) is 0 Å². The highest BCUT2D eigenvalue weighted by molar-refractivity contribution is 5.35. The Kier molecular flexibility index (Phi) is 3.28. The number of ether oxygens (including phenoxy) is 1. The lowest BCUT2D eigenvalue weighted by Crippen LogP contribution is -2.17. The Morgan fingerprint density at radius 1 is 1.54 bits per heavy atom. The summed E-state index contributed by atoms with van der Waals surface area (Å²) in [5, 5.41) is 9.18. The Hall–Kier alpha value is -1.06. The van der Waals surface area contributed by atoms with E-state index in [-0.39, 0.29) is 11.8 Å². The number of aromatic hydroxyl groups is 1. The lowest BCUT2D eigenvalue weighted by Gasteiger charge is -2.13. The number of rotatable bonds is 3. The lowest BCUT2D eigenvalue weighted by molar-refractivity contribution is 0.180. The number of phenolic OH excluding ortho intramolecular Hbond substituents is 1. The van der Waals surface area contributed by atoms with Crippen LogP contribution in [0.4, 0.5) is 0 Å². The molecular formula is C10H15NO2. The maximum Gasteiger partial charge on any atom is 0.115 e. The van der Waals surface area contributed by atoms with Gasteiger partial charge < -0.3 is 15.6 Å². The maximum atomic E-state index is 9.18. The van der Waals surface area contributed by atoms with E-state index in [2.05, 4.69) is 0 Å². The first-order valence-electron chi connectivity index (χ1n) is 4.19. The number of aryl methyl sites for hydroxylation is 1. The summed E-state index contributed by atoms with van der Waals surface area (Å²) in [5.74, 6) is 0.269. The molecule has 0 radical (unpaired) electrons. The summed E-state index contributed by atoms with van der Waals surface area (Å²) < 4.78 is 4.96. The zero-order valence-electron chi connectivity index (χ0n) is 7.95. The van der Waals surface area contributed by atoms with Gasteiger partial charge in [0.15, 0.2) is 0 Å². The average molecular weight is 181 g/mol. The molecule has 0 saturated carbocycles. The Morgan fingerprint density at radius 2 is 2.23 bits per heavy atom. The molecule has 1 aromatic rings. The second-order valence-corrected chi connectivity index (χ2v) is 3.10. The van der Waals surface area contributed by atoms with E-state index in [9.17, 15) is 5.11 Å². The Labute approximate surface area is 78.1 Å². The molecule has 0 aromatic heterocycles. The van der Waals surface area contributed by atoms with E-state index in [1.165, 1.54) is 0 Å². The third-order valence-electron chi connectivity index (χ3n) is 2.00. The SMILES string of the molecule is COC[C@@H](N)c1ccc(O)cc1C. The molecule has 3 heteroatoms. The molecule has 0 fully saturated rings. The fourth-order valence-electron chi connectivity index (χ4n) is 1.35. The van der Waals surface area contributed by atoms with Crippen LogP contribution in [0, 0.1) is 6.92 Å². The van der Waals surface area contributed by atoms with Crippen molar-refractivity contribution in [2.24, 2.45) is 5.73 Å². The number of nitrogens with two attached hydrogens (primary N) is 1. The van der Waals surface area contributed by atoms with E-state index in [0.717, 1.165) is 11.1 Å². The van der Waals surface area contributed by atoms with Gasteiger partial charge >= 0.3 is 0 Å². The van der Waals surface area contributed by atoms with Crippen molar-refractivity contribution in [3.8, 4) is 5.75 Å². The van der Waals surface area contributed by atoms with Crippen LogP contribution in [0.3, 0.4) is 0 Å². The van der Waals surface area contributed by atoms with Crippen LogP contribution < -0.4 is 5.73 Å². The second kappa shape index (κ2) is 4.25. The van der Waals surface area contributed by atoms with Crippen molar-refractivity contribution in [2.45, 2.75) is 13.0 Å². The first-order chi connectivity index (χ1) is 6.15. The predicted molar refractivity (Wildman–Crippen MR) is 51.6 cm³/mol. The molecule has 1 aromatic carbocycles. The Bertz CT molecular complexity index is 286. The smallest absolute Gasteiger partial charge is 0.115 e. The summed E-state index contributed by atoms with van der Waals surface area (Å²) >= 11 is 0. The molecule has 3 nitrogen and oxygen atoms in total. The van der Waals surface area contributed by atoms with Crippen LogP contribution in [0.2, 0.25) is 0 Å². The van der Waals surface area contributed by atoms with Gasteiger partial charge in [-0.05, 0) is 30.2 Å². The molecule has 0 saturated heterocycles. The summed E-state index contributed by atoms with van der Waals surface area (Å²) in [6.45, 7) is 2.41. The molecule has 0 aliphatic heterocycles. The van der Waals surface area contributed by atoms with Gasteiger partial charge in [0.1, 0.15) is 5.75 Å². The summed E-state index contributed by atoms with van der Waals surface area (Å²) in [6, 6.07) is 5.04. The Balaban J connectivity index is 2.88. The third kappa shape index (κ3) is 2.44. The quantitative estimate of drug-likeness (QED) is 0.740. The molecule has 0 unspecified atom stereocenters. The zero-order valence-corrected chi connectivity index (χ0v) is 7.95. The number of methoxy groups -OCH3 is 1. The molecule has 0 bridgehead atoms. The van der Waals surface area contributed by atoms with Crippen molar-refractivity contribution < 1.29 is 9.84 Å². The molecule has 0 aliphatic rings. The van der Waals surface area contributed by atoms with Gasteiger partial charge in [0, 0.05) is 7.11 Å². The molecule has 72 valence electrons. The van der Waals surface area contributed by atoms with Crippen LogP contribution in [0.25, 0.3) is 0 Å². The van der Waals surface area contributed by atoms with E-state index >= 15 is 0 Å². The molecule has 1 atom stereocenters. The number of phenols is 1. The first-order valence-corrected chi connectivity index (χ1v) is 4.19. The largest absolute Gasteiger partial charge is 0.508 e. The summed E-state index contributed by atoms with van der Waals surface area (Å²) in [5.41, 5.74) is 7.85. The van der Waals surface area contributed by atoms with Gasteiger partial charge in [-0.25, -0.2) is 0 Å². The third-order valence-corrected chi connectivity index (χ3v) is 2.00. The topological polar surface area (TPSA) is 55.5 Å². The molecule has 0 aliphatic carbocycles. The molecule has 1 rings (SSSR count).